The monoisotopic (exact) mass is 516 g/mol. The number of aromatic nitrogens is 2. The number of nitrogens with zero attached hydrogens (tertiary/aromatic N) is 5. The van der Waals surface area contributed by atoms with E-state index in [1.54, 1.807) is 6.92 Å². The molecule has 0 bridgehead atoms. The molecule has 0 radical (unpaired) electrons. The fourth-order valence-electron chi connectivity index (χ4n) is 6.25. The van der Waals surface area contributed by atoms with E-state index in [9.17, 15) is 4.79 Å². The minimum absolute atomic E-state index is 0.0438. The maximum Gasteiger partial charge on any atom is 0.298 e. The fourth-order valence-corrected chi connectivity index (χ4v) is 6.25. The van der Waals surface area contributed by atoms with E-state index in [4.69, 9.17) is 14.5 Å². The lowest BCUT2D eigenvalue weighted by atomic mass is 10.0. The molecule has 9 nitrogen and oxygen atoms in total. The van der Waals surface area contributed by atoms with E-state index in [1.807, 2.05) is 18.0 Å². The molecule has 0 unspecified atom stereocenters. The van der Waals surface area contributed by atoms with Gasteiger partial charge in [0.2, 0.25) is 0 Å². The van der Waals surface area contributed by atoms with Gasteiger partial charge in [-0.25, -0.2) is 4.98 Å². The van der Waals surface area contributed by atoms with Gasteiger partial charge >= 0.3 is 0 Å². The molecule has 2 aromatic rings. The second-order valence-electron chi connectivity index (χ2n) is 10.6. The number of morpholine rings is 1. The largest absolute Gasteiger partial charge is 0.485 e. The van der Waals surface area contributed by atoms with Crippen LogP contribution in [-0.2, 0) is 16.1 Å². The second-order valence-corrected chi connectivity index (χ2v) is 10.6. The average Bonchev–Trinajstić information content (AvgIpc) is 3.36. The SMILES string of the molecule is CC#CC(=O)N1CCC(N2CC[C@@H](c3cc4c(c(C)n3)OCc3c(N5CCOCC5)ccnc3N4)C2)CC1. The number of rotatable bonds is 3. The van der Waals surface area contributed by atoms with Crippen molar-refractivity contribution in [3.63, 3.8) is 0 Å². The number of ether oxygens (including phenoxy) is 2. The Balaban J connectivity index is 1.16. The summed E-state index contributed by atoms with van der Waals surface area (Å²) < 4.78 is 11.9. The van der Waals surface area contributed by atoms with E-state index in [1.165, 1.54) is 0 Å². The Labute approximate surface area is 224 Å². The van der Waals surface area contributed by atoms with E-state index >= 15 is 0 Å². The number of carbonyl (C=O) groups is 1. The first-order chi connectivity index (χ1) is 18.6. The van der Waals surface area contributed by atoms with Gasteiger partial charge in [-0.2, -0.15) is 0 Å². The zero-order valence-electron chi connectivity index (χ0n) is 22.3. The molecular weight excluding hydrogens is 480 g/mol. The minimum atomic E-state index is -0.0438. The first-order valence-electron chi connectivity index (χ1n) is 13.8. The molecule has 3 saturated heterocycles. The van der Waals surface area contributed by atoms with Crippen molar-refractivity contribution in [2.45, 2.75) is 51.7 Å². The maximum atomic E-state index is 12.1. The molecule has 6 heterocycles. The number of anilines is 3. The van der Waals surface area contributed by atoms with Gasteiger partial charge in [-0.15, -0.1) is 0 Å². The highest BCUT2D eigenvalue weighted by Crippen LogP contribution is 2.40. The van der Waals surface area contributed by atoms with Crippen LogP contribution in [0.25, 0.3) is 0 Å². The third-order valence-corrected chi connectivity index (χ3v) is 8.30. The molecule has 0 aliphatic carbocycles. The first kappa shape index (κ1) is 25.0. The highest BCUT2D eigenvalue weighted by Gasteiger charge is 2.33. The zero-order chi connectivity index (χ0) is 26.1. The van der Waals surface area contributed by atoms with E-state index in [-0.39, 0.29) is 5.91 Å². The molecule has 9 heteroatoms. The molecule has 0 aromatic carbocycles. The Morgan fingerprint density at radius 1 is 1.13 bits per heavy atom. The Bertz CT molecular complexity index is 1260. The summed E-state index contributed by atoms with van der Waals surface area (Å²) in [6.45, 7) is 11.1. The van der Waals surface area contributed by atoms with Gasteiger partial charge in [-0.05, 0) is 57.7 Å². The molecule has 0 saturated carbocycles. The quantitative estimate of drug-likeness (QED) is 0.624. The summed E-state index contributed by atoms with van der Waals surface area (Å²) in [5, 5.41) is 3.59. The fraction of sp³-hybridized carbons (Fsp3) is 0.552. The summed E-state index contributed by atoms with van der Waals surface area (Å²) in [5.41, 5.74) is 5.20. The lowest BCUT2D eigenvalue weighted by Crippen LogP contribution is -2.45. The number of hydrogen-bond donors (Lipinski definition) is 1. The lowest BCUT2D eigenvalue weighted by Gasteiger charge is -2.36. The third-order valence-electron chi connectivity index (χ3n) is 8.30. The van der Waals surface area contributed by atoms with E-state index in [0.29, 0.717) is 18.6 Å². The predicted molar refractivity (Wildman–Crippen MR) is 146 cm³/mol. The number of nitrogens with one attached hydrogen (secondary N) is 1. The number of fused-ring (bicyclic) bond motifs is 2. The molecule has 4 aliphatic heterocycles. The van der Waals surface area contributed by atoms with Gasteiger partial charge < -0.3 is 24.6 Å². The van der Waals surface area contributed by atoms with E-state index < -0.39 is 0 Å². The lowest BCUT2D eigenvalue weighted by molar-refractivity contribution is -0.126. The average molecular weight is 517 g/mol. The van der Waals surface area contributed by atoms with Crippen LogP contribution in [0.15, 0.2) is 18.3 Å². The highest BCUT2D eigenvalue weighted by atomic mass is 16.5. The van der Waals surface area contributed by atoms with Crippen molar-refractivity contribution in [3.8, 4) is 17.6 Å². The summed E-state index contributed by atoms with van der Waals surface area (Å²) in [5.74, 6) is 7.39. The number of hydrogen-bond acceptors (Lipinski definition) is 8. The molecule has 38 heavy (non-hydrogen) atoms. The summed E-state index contributed by atoms with van der Waals surface area (Å²) in [4.78, 5) is 28.6. The zero-order valence-corrected chi connectivity index (χ0v) is 22.3. The number of likely N-dealkylation sites (tertiary alicyclic amines) is 2. The van der Waals surface area contributed by atoms with Crippen LogP contribution in [-0.4, -0.2) is 84.2 Å². The van der Waals surface area contributed by atoms with Crippen molar-refractivity contribution in [1.82, 2.24) is 19.8 Å². The number of aryl methyl sites for hydroxylation is 1. The molecule has 200 valence electrons. The van der Waals surface area contributed by atoms with Gasteiger partial charge in [0.15, 0.2) is 5.75 Å². The topological polar surface area (TPSA) is 83.1 Å². The molecule has 4 aliphatic rings. The number of piperidine rings is 1. The van der Waals surface area contributed by atoms with Crippen molar-refractivity contribution in [1.29, 1.82) is 0 Å². The number of amides is 1. The molecule has 1 amide bonds. The van der Waals surface area contributed by atoms with Crippen molar-refractivity contribution < 1.29 is 14.3 Å². The summed E-state index contributed by atoms with van der Waals surface area (Å²) >= 11 is 0. The standard InChI is InChI=1S/C29H36N6O3/c1-3-4-27(36)34-11-7-22(8-12-34)35-10-6-21(18-35)24-17-25-28(20(2)31-24)38-19-23-26(5-9-30-29(23)32-25)33-13-15-37-16-14-33/h5,9,17,21-22H,6-8,10-16,18-19H2,1-2H3,(H,30,32)/t21-/m1/s1. The first-order valence-corrected chi connectivity index (χ1v) is 13.8. The predicted octanol–water partition coefficient (Wildman–Crippen LogP) is 3.06. The van der Waals surface area contributed by atoms with Crippen molar-refractivity contribution >= 4 is 23.1 Å². The summed E-state index contributed by atoms with van der Waals surface area (Å²) in [7, 11) is 0. The Kier molecular flexibility index (Phi) is 7.09. The normalized spacial score (nSPS) is 21.9. The molecule has 2 aromatic heterocycles. The van der Waals surface area contributed by atoms with Crippen LogP contribution in [0, 0.1) is 18.8 Å². The third kappa shape index (κ3) is 4.91. The molecule has 6 rings (SSSR count). The van der Waals surface area contributed by atoms with Crippen molar-refractivity contribution in [3.05, 3.63) is 35.3 Å². The van der Waals surface area contributed by atoms with Crippen molar-refractivity contribution in [2.24, 2.45) is 0 Å². The van der Waals surface area contributed by atoms with Crippen LogP contribution in [0.1, 0.15) is 49.1 Å². The van der Waals surface area contributed by atoms with Crippen LogP contribution in [0.3, 0.4) is 0 Å². The molecule has 1 N–H and O–H groups in total. The maximum absolute atomic E-state index is 12.1. The molecule has 1 atom stereocenters. The highest BCUT2D eigenvalue weighted by molar-refractivity contribution is 5.93. The van der Waals surface area contributed by atoms with Crippen LogP contribution in [0.4, 0.5) is 17.2 Å². The molecule has 0 spiro atoms. The van der Waals surface area contributed by atoms with Crippen LogP contribution >= 0.6 is 0 Å². The minimum Gasteiger partial charge on any atom is -0.485 e. The van der Waals surface area contributed by atoms with Gasteiger partial charge in [0.25, 0.3) is 5.91 Å². The second kappa shape index (κ2) is 10.8. The van der Waals surface area contributed by atoms with Crippen LogP contribution < -0.4 is 15.0 Å². The number of carbonyl (C=O) groups excluding carboxylic acids is 1. The van der Waals surface area contributed by atoms with Gasteiger partial charge in [0.05, 0.1) is 30.2 Å². The molecular formula is C29H36N6O3. The summed E-state index contributed by atoms with van der Waals surface area (Å²) in [6, 6.07) is 4.75. The van der Waals surface area contributed by atoms with E-state index in [0.717, 1.165) is 112 Å². The van der Waals surface area contributed by atoms with Gasteiger partial charge in [-0.3, -0.25) is 14.7 Å². The van der Waals surface area contributed by atoms with Gasteiger partial charge in [0.1, 0.15) is 12.4 Å². The summed E-state index contributed by atoms with van der Waals surface area (Å²) in [6.07, 6.45) is 4.97. The number of pyridine rings is 2. The van der Waals surface area contributed by atoms with Crippen molar-refractivity contribution in [2.75, 3.05) is 62.7 Å². The Hall–Kier alpha value is -3.35. The Morgan fingerprint density at radius 3 is 2.74 bits per heavy atom. The van der Waals surface area contributed by atoms with E-state index in [2.05, 4.69) is 44.1 Å². The smallest absolute Gasteiger partial charge is 0.298 e. The Morgan fingerprint density at radius 2 is 1.95 bits per heavy atom. The van der Waals surface area contributed by atoms with Gasteiger partial charge in [-0.1, -0.05) is 5.92 Å². The van der Waals surface area contributed by atoms with Crippen LogP contribution in [0.5, 0.6) is 5.75 Å². The van der Waals surface area contributed by atoms with Crippen LogP contribution in [0.2, 0.25) is 0 Å². The molecule has 3 fully saturated rings. The van der Waals surface area contributed by atoms with Gasteiger partial charge in [0, 0.05) is 62.3 Å².